The number of para-hydroxylation sites is 2. The molecule has 1 N–H and O–H groups in total. The molecule has 2 aliphatic heterocycles. The molecule has 8 nitrogen and oxygen atoms in total. The maximum absolute atomic E-state index is 13.2. The van der Waals surface area contributed by atoms with Gasteiger partial charge in [-0.25, -0.2) is 4.79 Å². The van der Waals surface area contributed by atoms with Crippen molar-refractivity contribution in [2.75, 3.05) is 49.7 Å². The Morgan fingerprint density at radius 2 is 1.82 bits per heavy atom. The third-order valence-corrected chi connectivity index (χ3v) is 5.07. The molecule has 2 aliphatic rings. The van der Waals surface area contributed by atoms with E-state index in [9.17, 15) is 22.8 Å². The average Bonchev–Trinajstić information content (AvgIpc) is 2.82. The molecule has 2 aromatic carbocycles. The van der Waals surface area contributed by atoms with E-state index in [2.05, 4.69) is 5.32 Å². The largest absolute Gasteiger partial charge is 0.485 e. The molecular weight excluding hydrogens is 445 g/mol. The van der Waals surface area contributed by atoms with Crippen LogP contribution in [-0.4, -0.2) is 57.5 Å². The monoisotopic (exact) mass is 466 g/mol. The maximum Gasteiger partial charge on any atom is 0.416 e. The predicted molar refractivity (Wildman–Crippen MR) is 110 cm³/mol. The molecule has 1 amide bonds. The van der Waals surface area contributed by atoms with E-state index in [-0.39, 0.29) is 12.3 Å². The van der Waals surface area contributed by atoms with Gasteiger partial charge in [-0.15, -0.1) is 0 Å². The van der Waals surface area contributed by atoms with E-state index < -0.39 is 36.3 Å². The highest BCUT2D eigenvalue weighted by atomic mass is 19.4. The van der Waals surface area contributed by atoms with Crippen molar-refractivity contribution >= 4 is 23.3 Å². The van der Waals surface area contributed by atoms with Crippen LogP contribution >= 0.6 is 0 Å². The first-order chi connectivity index (χ1) is 15.8. The number of amides is 1. The number of morpholine rings is 1. The summed E-state index contributed by atoms with van der Waals surface area (Å²) in [7, 11) is 0. The van der Waals surface area contributed by atoms with Crippen LogP contribution in [0.1, 0.15) is 5.56 Å². The first-order valence-corrected chi connectivity index (χ1v) is 10.2. The lowest BCUT2D eigenvalue weighted by molar-refractivity contribution is -0.156. The van der Waals surface area contributed by atoms with Crippen molar-refractivity contribution in [3.63, 3.8) is 0 Å². The van der Waals surface area contributed by atoms with Gasteiger partial charge in [0.15, 0.2) is 18.1 Å². The molecule has 1 saturated heterocycles. The van der Waals surface area contributed by atoms with Crippen molar-refractivity contribution in [1.29, 1.82) is 0 Å². The Morgan fingerprint density at radius 3 is 2.55 bits per heavy atom. The van der Waals surface area contributed by atoms with Crippen molar-refractivity contribution in [1.82, 2.24) is 0 Å². The van der Waals surface area contributed by atoms with Crippen molar-refractivity contribution in [3.05, 3.63) is 48.0 Å². The van der Waals surface area contributed by atoms with E-state index in [0.717, 1.165) is 12.1 Å². The summed E-state index contributed by atoms with van der Waals surface area (Å²) < 4.78 is 60.8. The Balaban J connectivity index is 1.40. The van der Waals surface area contributed by atoms with Crippen LogP contribution in [-0.2, 0) is 25.2 Å². The molecule has 11 heteroatoms. The summed E-state index contributed by atoms with van der Waals surface area (Å²) in [5.74, 6) is -0.750. The van der Waals surface area contributed by atoms with Gasteiger partial charge >= 0.3 is 12.1 Å². The number of nitrogens with zero attached hydrogens (tertiary/aromatic N) is 1. The highest BCUT2D eigenvalue weighted by Gasteiger charge is 2.32. The van der Waals surface area contributed by atoms with Crippen LogP contribution in [0.4, 0.5) is 24.5 Å². The number of nitrogens with one attached hydrogen (secondary N) is 1. The molecule has 1 atom stereocenters. The number of ether oxygens (including phenoxy) is 4. The van der Waals surface area contributed by atoms with Gasteiger partial charge in [-0.2, -0.15) is 13.2 Å². The molecule has 4 rings (SSSR count). The third kappa shape index (κ3) is 5.48. The summed E-state index contributed by atoms with van der Waals surface area (Å²) in [5, 5.41) is 2.42. The second-order valence-corrected chi connectivity index (χ2v) is 7.35. The highest BCUT2D eigenvalue weighted by molar-refractivity contribution is 5.96. The van der Waals surface area contributed by atoms with Gasteiger partial charge in [0, 0.05) is 13.1 Å². The first-order valence-electron chi connectivity index (χ1n) is 10.2. The number of halogens is 3. The van der Waals surface area contributed by atoms with Crippen molar-refractivity contribution in [3.8, 4) is 11.5 Å². The lowest BCUT2D eigenvalue weighted by Gasteiger charge is -2.31. The molecule has 33 heavy (non-hydrogen) atoms. The number of hydrogen-bond donors (Lipinski definition) is 1. The highest BCUT2D eigenvalue weighted by Crippen LogP contribution is 2.36. The van der Waals surface area contributed by atoms with Crippen LogP contribution in [0.5, 0.6) is 11.5 Å². The molecule has 176 valence electrons. The van der Waals surface area contributed by atoms with Crippen molar-refractivity contribution in [2.45, 2.75) is 12.3 Å². The summed E-state index contributed by atoms with van der Waals surface area (Å²) in [6.45, 7) is 0.968. The number of fused-ring (bicyclic) bond motifs is 1. The molecule has 0 spiro atoms. The fraction of sp³-hybridized carbons (Fsp3) is 0.364. The fourth-order valence-corrected chi connectivity index (χ4v) is 3.44. The number of carbonyl (C=O) groups is 2. The average molecular weight is 466 g/mol. The van der Waals surface area contributed by atoms with Gasteiger partial charge in [-0.05, 0) is 30.3 Å². The van der Waals surface area contributed by atoms with Gasteiger partial charge in [-0.1, -0.05) is 12.1 Å². The molecule has 0 aromatic heterocycles. The zero-order valence-electron chi connectivity index (χ0n) is 17.4. The molecule has 0 unspecified atom stereocenters. The van der Waals surface area contributed by atoms with E-state index in [1.807, 2.05) is 4.90 Å². The Morgan fingerprint density at radius 1 is 1.09 bits per heavy atom. The molecule has 2 aromatic rings. The number of benzene rings is 2. The molecule has 0 saturated carbocycles. The topological polar surface area (TPSA) is 86.3 Å². The standard InChI is InChI=1S/C22H21F3N2O6/c23-22(24,25)14-5-6-16(27-7-9-30-10-8-27)15(11-14)26-20(28)13-32-21(29)19-12-31-17-3-1-2-4-18(17)33-19/h1-6,11,19H,7-10,12-13H2,(H,26,28)/t19-/m0/s1. The van der Waals surface area contributed by atoms with Gasteiger partial charge in [0.2, 0.25) is 6.10 Å². The number of carbonyl (C=O) groups excluding carboxylic acids is 2. The quantitative estimate of drug-likeness (QED) is 0.679. The van der Waals surface area contributed by atoms with Crippen LogP contribution in [0.3, 0.4) is 0 Å². The molecule has 1 fully saturated rings. The molecule has 0 bridgehead atoms. The van der Waals surface area contributed by atoms with Gasteiger partial charge in [0.25, 0.3) is 5.91 Å². The second kappa shape index (κ2) is 9.57. The van der Waals surface area contributed by atoms with Gasteiger partial charge in [0.1, 0.15) is 6.61 Å². The number of rotatable bonds is 5. The number of anilines is 2. The van der Waals surface area contributed by atoms with Crippen LogP contribution in [0.2, 0.25) is 0 Å². The van der Waals surface area contributed by atoms with E-state index in [1.165, 1.54) is 6.07 Å². The summed E-state index contributed by atoms with van der Waals surface area (Å²) in [5.41, 5.74) is -0.510. The van der Waals surface area contributed by atoms with E-state index in [4.69, 9.17) is 18.9 Å². The van der Waals surface area contributed by atoms with Crippen molar-refractivity contribution in [2.24, 2.45) is 0 Å². The summed E-state index contributed by atoms with van der Waals surface area (Å²) in [6, 6.07) is 9.90. The Hall–Kier alpha value is -3.47. The van der Waals surface area contributed by atoms with Gasteiger partial charge < -0.3 is 29.2 Å². The molecule has 0 aliphatic carbocycles. The smallest absolute Gasteiger partial charge is 0.416 e. The molecule has 0 radical (unpaired) electrons. The minimum absolute atomic E-state index is 0.0287. The Labute approximate surface area is 187 Å². The van der Waals surface area contributed by atoms with Gasteiger partial charge in [0.05, 0.1) is 30.2 Å². The third-order valence-electron chi connectivity index (χ3n) is 5.07. The minimum Gasteiger partial charge on any atom is -0.485 e. The molecule has 2 heterocycles. The maximum atomic E-state index is 13.2. The zero-order valence-corrected chi connectivity index (χ0v) is 17.4. The Bertz CT molecular complexity index is 1020. The SMILES string of the molecule is O=C(COC(=O)[C@@H]1COc2ccccc2O1)Nc1cc(C(F)(F)F)ccc1N1CCOCC1. The Kier molecular flexibility index (Phi) is 6.59. The molecular formula is C22H21F3N2O6. The number of hydrogen-bond acceptors (Lipinski definition) is 7. The fourth-order valence-electron chi connectivity index (χ4n) is 3.44. The van der Waals surface area contributed by atoms with Crippen LogP contribution in [0.25, 0.3) is 0 Å². The van der Waals surface area contributed by atoms with Gasteiger partial charge in [-0.3, -0.25) is 4.79 Å². The predicted octanol–water partition coefficient (Wildman–Crippen LogP) is 2.86. The van der Waals surface area contributed by atoms with Crippen LogP contribution in [0.15, 0.2) is 42.5 Å². The minimum atomic E-state index is -4.58. The zero-order chi connectivity index (χ0) is 23.4. The first kappa shape index (κ1) is 22.7. The lowest BCUT2D eigenvalue weighted by atomic mass is 10.1. The summed E-state index contributed by atoms with van der Waals surface area (Å²) >= 11 is 0. The normalized spacial score (nSPS) is 17.9. The number of alkyl halides is 3. The second-order valence-electron chi connectivity index (χ2n) is 7.35. The summed E-state index contributed by atoms with van der Waals surface area (Å²) in [4.78, 5) is 26.5. The van der Waals surface area contributed by atoms with E-state index >= 15 is 0 Å². The van der Waals surface area contributed by atoms with E-state index in [0.29, 0.717) is 43.5 Å². The van der Waals surface area contributed by atoms with Crippen LogP contribution in [0, 0.1) is 0 Å². The van der Waals surface area contributed by atoms with Crippen LogP contribution < -0.4 is 19.7 Å². The van der Waals surface area contributed by atoms with E-state index in [1.54, 1.807) is 24.3 Å². The lowest BCUT2D eigenvalue weighted by Crippen LogP contribution is -2.39. The summed E-state index contributed by atoms with van der Waals surface area (Å²) in [6.07, 6.45) is -5.64. The van der Waals surface area contributed by atoms with Crippen molar-refractivity contribution < 1.29 is 41.7 Å². The number of esters is 1.